The summed E-state index contributed by atoms with van der Waals surface area (Å²) in [6.07, 6.45) is 0. The van der Waals surface area contributed by atoms with Crippen molar-refractivity contribution in [3.05, 3.63) is 253 Å². The summed E-state index contributed by atoms with van der Waals surface area (Å²) in [4.78, 5) is 49.1. The molecule has 0 aliphatic heterocycles. The van der Waals surface area contributed by atoms with Crippen molar-refractivity contribution in [2.75, 3.05) is 0 Å². The van der Waals surface area contributed by atoms with Crippen molar-refractivity contribution >= 4 is 43.5 Å². The Morgan fingerprint density at radius 1 is 0.128 bits per heavy atom. The fourth-order valence-electron chi connectivity index (χ4n) is 19.1. The largest absolute Gasteiger partial charge is 0.258 e. The summed E-state index contributed by atoms with van der Waals surface area (Å²) in [5, 5.41) is 6.90. The van der Waals surface area contributed by atoms with Gasteiger partial charge in [0.15, 0.2) is 0 Å². The summed E-state index contributed by atoms with van der Waals surface area (Å²) in [6, 6.07) is 0. The molecule has 0 unspecified atom stereocenters. The van der Waals surface area contributed by atoms with Crippen molar-refractivity contribution < 1.29 is 0 Å². The molecule has 0 aliphatic carbocycles. The molecular formula is C114H167N11. The van der Waals surface area contributed by atoms with Gasteiger partial charge >= 0.3 is 0 Å². The van der Waals surface area contributed by atoms with Crippen LogP contribution in [0.15, 0.2) is 0 Å². The van der Waals surface area contributed by atoms with Crippen LogP contribution in [-0.2, 0) is 0 Å². The molecule has 0 radical (unpaired) electrons. The Kier molecular flexibility index (Phi) is 37.1. The molecule has 0 bridgehead atoms. The highest BCUT2D eigenvalue weighted by atomic mass is 15.0. The number of benzene rings is 6. The van der Waals surface area contributed by atoms with E-state index in [1.807, 2.05) is 41.5 Å². The van der Waals surface area contributed by atoms with Crippen LogP contribution < -0.4 is 0 Å². The lowest BCUT2D eigenvalue weighted by molar-refractivity contribution is 0.732. The lowest BCUT2D eigenvalue weighted by atomic mass is 9.80. The molecule has 11 nitrogen and oxygen atoms in total. The minimum Gasteiger partial charge on any atom is -0.258 e. The minimum absolute atomic E-state index is 0.385. The number of rotatable bonds is 8. The maximum absolute atomic E-state index is 4.88. The lowest BCUT2D eigenvalue weighted by Crippen LogP contribution is -2.05. The van der Waals surface area contributed by atoms with Crippen molar-refractivity contribution in [1.82, 2.24) is 54.8 Å². The third-order valence-corrected chi connectivity index (χ3v) is 28.0. The summed E-state index contributed by atoms with van der Waals surface area (Å²) in [6.45, 7) is 116. The van der Waals surface area contributed by atoms with E-state index in [0.717, 1.165) is 57.4 Å². The summed E-state index contributed by atoms with van der Waals surface area (Å²) >= 11 is 0. The Bertz CT molecular complexity index is 5900. The second-order valence-electron chi connectivity index (χ2n) is 39.1. The fraction of sp³-hybridized carbons (Fsp3) is 0.535. The van der Waals surface area contributed by atoms with Crippen LogP contribution in [0.1, 0.15) is 411 Å². The van der Waals surface area contributed by atoms with Gasteiger partial charge in [0.1, 0.15) is 34.9 Å². The highest BCUT2D eigenvalue weighted by molar-refractivity contribution is 5.98. The molecule has 6 aromatic carbocycles. The summed E-state index contributed by atoms with van der Waals surface area (Å²) in [5.41, 5.74) is 56.9. The predicted molar refractivity (Wildman–Crippen MR) is 545 cm³/mol. The third kappa shape index (κ3) is 23.3. The van der Waals surface area contributed by atoms with Gasteiger partial charge in [0, 0.05) is 56.2 Å². The lowest BCUT2D eigenvalue weighted by Gasteiger charge is -2.24. The average Bonchev–Trinajstić information content (AvgIpc) is 0.741. The zero-order valence-corrected chi connectivity index (χ0v) is 89.0. The standard InChI is InChI=1S/C20H28.C18H25N.2C16H22N2.C14H22.C12H19N.C10H16N2.C8H13N3/c1-10(2)18-14(6)13(5)16(8)19-15(7)11(3)12(4)17(9)20(18)19;1-9(2)16-14(7)15(8)19-18-13(6)11(4)10(3)12(5)17(16)18;1-8(2)14-9(3)10(4)16-15(11(14)5)12(6)17-13(7)18-16;1-8(2)15-14-11(5)9(3)10(4)12(6)16(14)18-13(7)17-15;1-8(2)14-12(6)10(4)9(3)11(5)13(14)7;1-7(2)12-8(3)10(5)13-11(6)9(12)4;1-6(2)10-7(3)8(4)11-9(5)12-10;1-5(2)8-10-6(3)9-7(4)11-8/h10H,1-9H3;9H,1-8H3;2*8H,1-7H3;8H,1-7H3;7H,1-6H3;6H,1-5H3;5H,1-4H3. The molecule has 125 heavy (non-hydrogen) atoms. The number of hydrogen-bond donors (Lipinski definition) is 0. The van der Waals surface area contributed by atoms with Gasteiger partial charge in [-0.15, -0.1) is 0 Å². The average molecular weight is 1690 g/mol. The Labute approximate surface area is 760 Å². The van der Waals surface area contributed by atoms with Crippen molar-refractivity contribution in [1.29, 1.82) is 0 Å². The van der Waals surface area contributed by atoms with Crippen molar-refractivity contribution in [2.45, 2.75) is 414 Å². The van der Waals surface area contributed by atoms with E-state index in [1.54, 1.807) is 11.1 Å². The van der Waals surface area contributed by atoms with Gasteiger partial charge in [-0.2, -0.15) is 0 Å². The minimum atomic E-state index is 0.385. The number of pyridine rings is 2. The van der Waals surface area contributed by atoms with E-state index >= 15 is 0 Å². The molecule has 0 amide bonds. The van der Waals surface area contributed by atoms with Crippen LogP contribution in [0.2, 0.25) is 0 Å². The van der Waals surface area contributed by atoms with Crippen LogP contribution in [0.5, 0.6) is 0 Å². The smallest absolute Gasteiger partial charge is 0.135 e. The molecule has 0 saturated heterocycles. The number of hydrogen-bond acceptors (Lipinski definition) is 11. The maximum Gasteiger partial charge on any atom is 0.135 e. The second-order valence-corrected chi connectivity index (χ2v) is 39.1. The molecule has 12 rings (SSSR count). The van der Waals surface area contributed by atoms with Gasteiger partial charge in [-0.3, -0.25) is 9.97 Å². The number of aryl methyl sites for hydroxylation is 19. The first-order chi connectivity index (χ1) is 57.6. The van der Waals surface area contributed by atoms with Crippen LogP contribution in [0.4, 0.5) is 0 Å². The molecule has 6 aromatic heterocycles. The third-order valence-electron chi connectivity index (χ3n) is 28.0. The van der Waals surface area contributed by atoms with E-state index < -0.39 is 0 Å². The van der Waals surface area contributed by atoms with Gasteiger partial charge in [-0.25, -0.2) is 44.9 Å². The summed E-state index contributed by atoms with van der Waals surface area (Å²) in [5.74, 6) is 9.27. The van der Waals surface area contributed by atoms with Gasteiger partial charge in [0.25, 0.3) is 0 Å². The van der Waals surface area contributed by atoms with Crippen molar-refractivity contribution in [3.63, 3.8) is 0 Å². The number of aromatic nitrogens is 11. The first-order valence-corrected chi connectivity index (χ1v) is 46.5. The Morgan fingerprint density at radius 3 is 0.784 bits per heavy atom. The fourth-order valence-corrected chi connectivity index (χ4v) is 19.1. The first kappa shape index (κ1) is 106. The normalized spacial score (nSPS) is 11.3. The molecule has 0 saturated carbocycles. The molecule has 0 spiro atoms. The van der Waals surface area contributed by atoms with E-state index in [2.05, 4.69) is 375 Å². The van der Waals surface area contributed by atoms with Crippen LogP contribution in [-0.4, -0.2) is 54.8 Å². The Hall–Kier alpha value is -9.09. The zero-order valence-electron chi connectivity index (χ0n) is 89.0. The van der Waals surface area contributed by atoms with Gasteiger partial charge in [0.2, 0.25) is 0 Å². The van der Waals surface area contributed by atoms with Gasteiger partial charge < -0.3 is 0 Å². The van der Waals surface area contributed by atoms with Crippen LogP contribution in [0.3, 0.4) is 0 Å². The zero-order chi connectivity index (χ0) is 96.0. The molecule has 0 N–H and O–H groups in total. The predicted octanol–water partition coefficient (Wildman–Crippen LogP) is 31.8. The molecule has 0 fully saturated rings. The molecule has 678 valence electrons. The molecular weight excluding hydrogens is 1520 g/mol. The van der Waals surface area contributed by atoms with Crippen molar-refractivity contribution in [3.8, 4) is 0 Å². The van der Waals surface area contributed by atoms with Crippen LogP contribution in [0.25, 0.3) is 43.5 Å². The first-order valence-electron chi connectivity index (χ1n) is 46.5. The number of nitrogens with zero attached hydrogens (tertiary/aromatic N) is 11. The molecule has 0 atom stereocenters. The van der Waals surface area contributed by atoms with E-state index in [9.17, 15) is 0 Å². The molecule has 12 aromatic rings. The highest BCUT2D eigenvalue weighted by Gasteiger charge is 2.25. The molecule has 0 aliphatic rings. The molecule has 6 heterocycles. The van der Waals surface area contributed by atoms with E-state index in [-0.39, 0.29) is 0 Å². The van der Waals surface area contributed by atoms with E-state index in [1.165, 1.54) is 228 Å². The Morgan fingerprint density at radius 2 is 0.376 bits per heavy atom. The quantitative estimate of drug-likeness (QED) is 0.143. The van der Waals surface area contributed by atoms with E-state index in [0.29, 0.717) is 47.3 Å². The maximum atomic E-state index is 4.88. The van der Waals surface area contributed by atoms with Gasteiger partial charge in [-0.05, 0) is 486 Å². The van der Waals surface area contributed by atoms with Crippen LogP contribution in [0, 0.1) is 256 Å². The topological polar surface area (TPSA) is 142 Å². The van der Waals surface area contributed by atoms with E-state index in [4.69, 9.17) is 4.98 Å². The number of fused-ring (bicyclic) bond motifs is 4. The summed E-state index contributed by atoms with van der Waals surface area (Å²) in [7, 11) is 0. The van der Waals surface area contributed by atoms with Gasteiger partial charge in [0.05, 0.1) is 22.2 Å². The van der Waals surface area contributed by atoms with Gasteiger partial charge in [-0.1, -0.05) is 111 Å². The monoisotopic (exact) mass is 1690 g/mol. The van der Waals surface area contributed by atoms with Crippen molar-refractivity contribution in [2.24, 2.45) is 0 Å². The summed E-state index contributed by atoms with van der Waals surface area (Å²) < 4.78 is 0. The second kappa shape index (κ2) is 43.6. The SMILES string of the molecule is Cc1c(C)c(C)c(C(C)C)c(C)c1C.Cc1c(C)c(C)c2c(C(C)C)c(C)c(C)c(C)c2c1C.Cc1nc(C(C)C)c2c(C)c(C)c(C)c(C)c2n1.Cc1nc(C)c(C)c(C(C)C)c1C.Cc1nc(C)c(C)c(C(C)C)n1.Cc1nc(C)c2c(C)c(C(C)C)c(C)c(C)c2n1.Cc1nc(C)nc(C(C)C)n1.Cc1nc2c(C)c(C)c(C)c(C)c2c(C(C)C)c1C. The Balaban J connectivity index is 0.000000256. The van der Waals surface area contributed by atoms with Crippen LogP contribution >= 0.6 is 0 Å². The molecule has 11 heteroatoms. The highest BCUT2D eigenvalue weighted by Crippen LogP contribution is 2.43.